The molecule has 1 aliphatic heterocycles. The Kier molecular flexibility index (Phi) is 6.36. The van der Waals surface area contributed by atoms with Crippen LogP contribution in [0, 0.1) is 39.6 Å². The zero-order valence-corrected chi connectivity index (χ0v) is 20.1. The van der Waals surface area contributed by atoms with E-state index in [0.717, 1.165) is 34.3 Å². The molecule has 190 valence electrons. The molecule has 9 nitrogen and oxygen atoms in total. The van der Waals surface area contributed by atoms with Crippen LogP contribution >= 0.6 is 11.6 Å². The topological polar surface area (TPSA) is 118 Å². The van der Waals surface area contributed by atoms with Crippen LogP contribution in [0.3, 0.4) is 0 Å². The minimum absolute atomic E-state index is 0.0594. The molecule has 0 radical (unpaired) electrons. The van der Waals surface area contributed by atoms with Crippen LogP contribution in [-0.2, 0) is 9.59 Å². The number of hydrogen-bond donors (Lipinski definition) is 0. The largest absolute Gasteiger partial charge is 0.292 e. The van der Waals surface area contributed by atoms with E-state index >= 15 is 0 Å². The number of non-ortho nitro benzene ring substituents is 1. The van der Waals surface area contributed by atoms with Crippen LogP contribution in [0.25, 0.3) is 0 Å². The fourth-order valence-electron chi connectivity index (χ4n) is 5.60. The van der Waals surface area contributed by atoms with Crippen molar-refractivity contribution in [2.45, 2.75) is 18.9 Å². The van der Waals surface area contributed by atoms with E-state index in [2.05, 4.69) is 0 Å². The number of hydrogen-bond acceptors (Lipinski definition) is 6. The first-order chi connectivity index (χ1) is 17.7. The number of hydrazine groups is 1. The number of amides is 3. The first-order valence-corrected chi connectivity index (χ1v) is 12.3. The lowest BCUT2D eigenvalue weighted by Crippen LogP contribution is -2.58. The predicted molar refractivity (Wildman–Crippen MR) is 129 cm³/mol. The maximum absolute atomic E-state index is 13.8. The molecule has 0 aromatic heterocycles. The Hall–Kier alpha value is -3.92. The molecule has 2 aromatic rings. The van der Waals surface area contributed by atoms with Crippen LogP contribution in [0.4, 0.5) is 10.1 Å². The summed E-state index contributed by atoms with van der Waals surface area (Å²) in [4.78, 5) is 65.1. The smallest absolute Gasteiger partial charge is 0.273 e. The number of alkyl halides is 1. The zero-order chi connectivity index (χ0) is 26.4. The van der Waals surface area contributed by atoms with E-state index in [0.29, 0.717) is 6.42 Å². The van der Waals surface area contributed by atoms with E-state index in [1.54, 1.807) is 0 Å². The van der Waals surface area contributed by atoms with Crippen LogP contribution in [-0.4, -0.2) is 50.4 Å². The number of Topliss-reactive ketones (excluding diaryl/α,β-unsaturated/α-hetero) is 1. The van der Waals surface area contributed by atoms with Crippen molar-refractivity contribution in [3.05, 3.63) is 87.7 Å². The average molecular weight is 526 g/mol. The van der Waals surface area contributed by atoms with Crippen molar-refractivity contribution >= 4 is 40.8 Å². The molecule has 2 aliphatic carbocycles. The second-order valence-electron chi connectivity index (χ2n) is 9.31. The monoisotopic (exact) mass is 525 g/mol. The van der Waals surface area contributed by atoms with Gasteiger partial charge in [0.05, 0.1) is 16.8 Å². The van der Waals surface area contributed by atoms with Gasteiger partial charge in [0.15, 0.2) is 5.78 Å². The molecule has 11 heteroatoms. The summed E-state index contributed by atoms with van der Waals surface area (Å²) in [5.41, 5.74) is -0.247. The number of benzene rings is 2. The van der Waals surface area contributed by atoms with Crippen LogP contribution in [0.2, 0.25) is 0 Å². The Labute approximate surface area is 215 Å². The highest BCUT2D eigenvalue weighted by molar-refractivity contribution is 6.18. The van der Waals surface area contributed by atoms with Crippen LogP contribution in [0.15, 0.2) is 60.7 Å². The van der Waals surface area contributed by atoms with Crippen molar-refractivity contribution in [2.24, 2.45) is 23.7 Å². The van der Waals surface area contributed by atoms with E-state index in [9.17, 15) is 33.7 Å². The molecule has 0 N–H and O–H groups in total. The summed E-state index contributed by atoms with van der Waals surface area (Å²) < 4.78 is 13.5. The Morgan fingerprint density at radius 3 is 2.05 bits per heavy atom. The van der Waals surface area contributed by atoms with Gasteiger partial charge in [0.1, 0.15) is 11.9 Å². The van der Waals surface area contributed by atoms with Crippen LogP contribution < -0.4 is 0 Å². The number of nitrogens with zero attached hydrogens (tertiary/aromatic N) is 3. The number of nitro groups is 1. The summed E-state index contributed by atoms with van der Waals surface area (Å²) in [6, 6.07) is 7.96. The number of nitro benzene ring substituents is 1. The minimum Gasteiger partial charge on any atom is -0.292 e. The maximum Gasteiger partial charge on any atom is 0.273 e. The molecule has 2 aromatic carbocycles. The molecular formula is C26H21ClFN3O6. The van der Waals surface area contributed by atoms with Gasteiger partial charge in [0.2, 0.25) is 0 Å². The molecule has 2 fully saturated rings. The molecule has 1 saturated heterocycles. The molecule has 5 atom stereocenters. The Morgan fingerprint density at radius 2 is 1.54 bits per heavy atom. The third-order valence-electron chi connectivity index (χ3n) is 7.30. The highest BCUT2D eigenvalue weighted by atomic mass is 35.5. The van der Waals surface area contributed by atoms with Gasteiger partial charge < -0.3 is 0 Å². The summed E-state index contributed by atoms with van der Waals surface area (Å²) >= 11 is 6.01. The zero-order valence-electron chi connectivity index (χ0n) is 19.3. The number of fused-ring (bicyclic) bond motifs is 5. The molecule has 5 rings (SSSR count). The molecule has 0 spiro atoms. The first-order valence-electron chi connectivity index (χ1n) is 11.7. The van der Waals surface area contributed by atoms with Gasteiger partial charge in [-0.3, -0.25) is 29.3 Å². The number of halogens is 2. The van der Waals surface area contributed by atoms with Gasteiger partial charge in [-0.05, 0) is 61.1 Å². The number of carbonyl (C=O) groups excluding carboxylic acids is 4. The first kappa shape index (κ1) is 24.8. The van der Waals surface area contributed by atoms with Gasteiger partial charge in [-0.2, -0.15) is 5.01 Å². The fourth-order valence-corrected chi connectivity index (χ4v) is 5.81. The van der Waals surface area contributed by atoms with Gasteiger partial charge in [0.25, 0.3) is 23.4 Å². The lowest BCUT2D eigenvalue weighted by Gasteiger charge is -2.36. The standard InChI is InChI=1S/C26H21ClFN3O6/c27-12-11-20(23(32)14-3-7-18(28)8-4-14)29(24(33)15-5-9-19(10-6-15)31(36)37)30-25(34)21-16-1-2-17(13-16)22(21)26(30)35/h1-10,16-17,20-22H,11-13H2/t16-,17-,20-,21-,22-/m0/s1. The van der Waals surface area contributed by atoms with E-state index in [4.69, 9.17) is 11.6 Å². The quantitative estimate of drug-likeness (QED) is 0.129. The second kappa shape index (κ2) is 9.51. The Balaban J connectivity index is 1.58. The van der Waals surface area contributed by atoms with E-state index < -0.39 is 52.1 Å². The lowest BCUT2D eigenvalue weighted by molar-refractivity contribution is -0.384. The van der Waals surface area contributed by atoms with Crippen molar-refractivity contribution in [3.63, 3.8) is 0 Å². The summed E-state index contributed by atoms with van der Waals surface area (Å²) in [5.74, 6) is -4.82. The fraction of sp³-hybridized carbons (Fsp3) is 0.308. The second-order valence-corrected chi connectivity index (χ2v) is 9.68. The molecular weight excluding hydrogens is 505 g/mol. The lowest BCUT2D eigenvalue weighted by atomic mass is 9.85. The van der Waals surface area contributed by atoms with Crippen molar-refractivity contribution in [2.75, 3.05) is 5.88 Å². The number of rotatable bonds is 8. The summed E-state index contributed by atoms with van der Waals surface area (Å²) in [5, 5.41) is 12.7. The van der Waals surface area contributed by atoms with Gasteiger partial charge >= 0.3 is 0 Å². The number of allylic oxidation sites excluding steroid dienone is 2. The van der Waals surface area contributed by atoms with Crippen LogP contribution in [0.5, 0.6) is 0 Å². The number of ketones is 1. The summed E-state index contributed by atoms with van der Waals surface area (Å²) in [6.45, 7) is 0. The third-order valence-corrected chi connectivity index (χ3v) is 7.52. The molecule has 37 heavy (non-hydrogen) atoms. The highest BCUT2D eigenvalue weighted by Crippen LogP contribution is 2.53. The van der Waals surface area contributed by atoms with Gasteiger partial charge in [-0.1, -0.05) is 12.2 Å². The maximum atomic E-state index is 13.8. The van der Waals surface area contributed by atoms with Crippen molar-refractivity contribution in [1.82, 2.24) is 10.0 Å². The van der Waals surface area contributed by atoms with E-state index in [1.165, 1.54) is 24.3 Å². The summed E-state index contributed by atoms with van der Waals surface area (Å²) in [7, 11) is 0. The average Bonchev–Trinajstić information content (AvgIpc) is 3.58. The molecule has 3 aliphatic rings. The number of imide groups is 1. The van der Waals surface area contributed by atoms with Crippen molar-refractivity contribution in [1.29, 1.82) is 0 Å². The molecule has 0 unspecified atom stereocenters. The Morgan fingerprint density at radius 1 is 1.00 bits per heavy atom. The highest BCUT2D eigenvalue weighted by Gasteiger charge is 2.62. The Bertz CT molecular complexity index is 1300. The molecule has 1 saturated carbocycles. The minimum atomic E-state index is -1.36. The van der Waals surface area contributed by atoms with Crippen molar-refractivity contribution in [3.8, 4) is 0 Å². The SMILES string of the molecule is O=C(c1ccc(F)cc1)[C@H](CCCl)N(C(=O)c1ccc([N+](=O)[O-])cc1)N1C(=O)[C@@H]2[C@@H](C1=O)[C@H]1C=C[C@H]2C1. The van der Waals surface area contributed by atoms with Crippen molar-refractivity contribution < 1.29 is 28.5 Å². The van der Waals surface area contributed by atoms with Gasteiger partial charge in [0, 0.05) is 29.1 Å². The van der Waals surface area contributed by atoms with Gasteiger partial charge in [-0.15, -0.1) is 11.6 Å². The van der Waals surface area contributed by atoms with Gasteiger partial charge in [-0.25, -0.2) is 9.40 Å². The van der Waals surface area contributed by atoms with E-state index in [1.807, 2.05) is 12.2 Å². The summed E-state index contributed by atoms with van der Waals surface area (Å²) in [6.07, 6.45) is 4.39. The number of carbonyl (C=O) groups is 4. The van der Waals surface area contributed by atoms with Crippen LogP contribution in [0.1, 0.15) is 33.6 Å². The van der Waals surface area contributed by atoms with E-state index in [-0.39, 0.29) is 41.0 Å². The third kappa shape index (κ3) is 4.11. The molecule has 2 bridgehead atoms. The predicted octanol–water partition coefficient (Wildman–Crippen LogP) is 3.78. The molecule has 1 heterocycles. The molecule has 3 amide bonds. The normalized spacial score (nSPS) is 24.3.